The average molecular weight is 333 g/mol. The molecule has 1 saturated heterocycles. The molecule has 5 heteroatoms. The lowest BCUT2D eigenvalue weighted by Gasteiger charge is -2.32. The van der Waals surface area contributed by atoms with Gasteiger partial charge in [-0.15, -0.1) is 0 Å². The summed E-state index contributed by atoms with van der Waals surface area (Å²) in [5, 5.41) is 0. The van der Waals surface area contributed by atoms with Gasteiger partial charge < -0.3 is 0 Å². The summed E-state index contributed by atoms with van der Waals surface area (Å²) in [6.45, 7) is 5.35. The number of rotatable bonds is 4. The molecule has 3 aromatic rings. The maximum absolute atomic E-state index is 4.83. The number of nitrogens with zero attached hydrogens (tertiary/aromatic N) is 5. The Hall–Kier alpha value is -2.53. The molecule has 1 unspecified atom stereocenters. The van der Waals surface area contributed by atoms with Crippen molar-refractivity contribution in [2.45, 2.75) is 32.2 Å². The molecule has 25 heavy (non-hydrogen) atoms. The van der Waals surface area contributed by atoms with Crippen LogP contribution in [0.5, 0.6) is 0 Å². The minimum Gasteiger partial charge on any atom is -0.298 e. The molecule has 1 aromatic carbocycles. The first-order chi connectivity index (χ1) is 12.3. The van der Waals surface area contributed by atoms with Gasteiger partial charge in [0.05, 0.1) is 11.9 Å². The summed E-state index contributed by atoms with van der Waals surface area (Å²) in [6, 6.07) is 8.80. The summed E-state index contributed by atoms with van der Waals surface area (Å²) in [4.78, 5) is 15.9. The molecule has 3 heterocycles. The number of likely N-dealkylation sites (tertiary alicyclic amines) is 1. The van der Waals surface area contributed by atoms with Crippen molar-refractivity contribution >= 4 is 0 Å². The van der Waals surface area contributed by atoms with Crippen LogP contribution < -0.4 is 0 Å². The lowest BCUT2D eigenvalue weighted by atomic mass is 9.94. The van der Waals surface area contributed by atoms with E-state index < -0.39 is 0 Å². The molecule has 128 valence electrons. The normalized spacial score (nSPS) is 18.4. The molecule has 0 bridgehead atoms. The van der Waals surface area contributed by atoms with Gasteiger partial charge in [-0.3, -0.25) is 14.5 Å². The average Bonchev–Trinajstić information content (AvgIpc) is 3.17. The summed E-state index contributed by atoms with van der Waals surface area (Å²) in [6.07, 6.45) is 11.5. The van der Waals surface area contributed by atoms with Crippen molar-refractivity contribution in [3.05, 3.63) is 72.2 Å². The van der Waals surface area contributed by atoms with Gasteiger partial charge in [0, 0.05) is 37.6 Å². The highest BCUT2D eigenvalue weighted by Crippen LogP contribution is 2.26. The van der Waals surface area contributed by atoms with Crippen LogP contribution in [0.15, 0.2) is 55.4 Å². The Bertz CT molecular complexity index is 828. The van der Waals surface area contributed by atoms with Crippen LogP contribution >= 0.6 is 0 Å². The number of imidazole rings is 1. The van der Waals surface area contributed by atoms with E-state index in [2.05, 4.69) is 46.1 Å². The van der Waals surface area contributed by atoms with Crippen LogP contribution in [-0.4, -0.2) is 37.5 Å². The Balaban J connectivity index is 1.49. The smallest absolute Gasteiger partial charge is 0.156 e. The molecular formula is C20H23N5. The molecule has 2 aromatic heterocycles. The fraction of sp³-hybridized carbons (Fsp3) is 0.350. The highest BCUT2D eigenvalue weighted by molar-refractivity contribution is 5.23. The molecule has 0 amide bonds. The Morgan fingerprint density at radius 2 is 2.16 bits per heavy atom. The number of hydrogen-bond acceptors (Lipinski definition) is 4. The zero-order valence-corrected chi connectivity index (χ0v) is 14.5. The van der Waals surface area contributed by atoms with E-state index in [0.29, 0.717) is 5.92 Å². The number of benzene rings is 1. The standard InChI is InChI=1S/C20H23N5/c1-16-4-2-5-17(10-16)13-24-8-3-6-18(14-24)19-11-22-12-20(23-19)25-9-7-21-15-25/h2,4-5,7,9-12,15,18H,3,6,8,13-14H2,1H3. The van der Waals surface area contributed by atoms with Gasteiger partial charge in [-0.25, -0.2) is 9.97 Å². The van der Waals surface area contributed by atoms with Crippen LogP contribution in [0.25, 0.3) is 5.82 Å². The van der Waals surface area contributed by atoms with Gasteiger partial charge in [-0.05, 0) is 31.9 Å². The minimum absolute atomic E-state index is 0.439. The molecular weight excluding hydrogens is 310 g/mol. The predicted octanol–water partition coefficient (Wildman–Crippen LogP) is 3.35. The maximum Gasteiger partial charge on any atom is 0.156 e. The van der Waals surface area contributed by atoms with E-state index in [1.807, 2.05) is 17.0 Å². The number of aryl methyl sites for hydroxylation is 1. The van der Waals surface area contributed by atoms with E-state index >= 15 is 0 Å². The van der Waals surface area contributed by atoms with Crippen molar-refractivity contribution in [3.63, 3.8) is 0 Å². The van der Waals surface area contributed by atoms with Gasteiger partial charge in [0.1, 0.15) is 6.33 Å². The Kier molecular flexibility index (Phi) is 4.57. The summed E-state index contributed by atoms with van der Waals surface area (Å²) in [7, 11) is 0. The van der Waals surface area contributed by atoms with Crippen LogP contribution in [-0.2, 0) is 6.54 Å². The van der Waals surface area contributed by atoms with E-state index in [1.54, 1.807) is 18.7 Å². The fourth-order valence-corrected chi connectivity index (χ4v) is 3.60. The summed E-state index contributed by atoms with van der Waals surface area (Å²) in [5.74, 6) is 1.28. The summed E-state index contributed by atoms with van der Waals surface area (Å²) < 4.78 is 1.91. The highest BCUT2D eigenvalue weighted by atomic mass is 15.1. The Morgan fingerprint density at radius 1 is 1.20 bits per heavy atom. The maximum atomic E-state index is 4.83. The minimum atomic E-state index is 0.439. The number of piperidine rings is 1. The van der Waals surface area contributed by atoms with Gasteiger partial charge in [0.25, 0.3) is 0 Å². The van der Waals surface area contributed by atoms with Gasteiger partial charge in [-0.2, -0.15) is 0 Å². The molecule has 5 nitrogen and oxygen atoms in total. The molecule has 0 N–H and O–H groups in total. The third-order valence-electron chi connectivity index (χ3n) is 4.82. The Morgan fingerprint density at radius 3 is 3.00 bits per heavy atom. The van der Waals surface area contributed by atoms with Crippen molar-refractivity contribution in [3.8, 4) is 5.82 Å². The van der Waals surface area contributed by atoms with Gasteiger partial charge in [0.15, 0.2) is 5.82 Å². The summed E-state index contributed by atoms with van der Waals surface area (Å²) >= 11 is 0. The zero-order chi connectivity index (χ0) is 17.1. The SMILES string of the molecule is Cc1cccc(CN2CCCC(c3cncc(-n4ccnc4)n3)C2)c1. The first kappa shape index (κ1) is 16.0. The monoisotopic (exact) mass is 333 g/mol. The van der Waals surface area contributed by atoms with Crippen LogP contribution in [0.1, 0.15) is 35.6 Å². The number of aromatic nitrogens is 4. The first-order valence-corrected chi connectivity index (χ1v) is 8.86. The largest absolute Gasteiger partial charge is 0.298 e. The van der Waals surface area contributed by atoms with E-state index in [-0.39, 0.29) is 0 Å². The molecule has 1 fully saturated rings. The molecule has 1 atom stereocenters. The van der Waals surface area contributed by atoms with Crippen molar-refractivity contribution in [1.29, 1.82) is 0 Å². The highest BCUT2D eigenvalue weighted by Gasteiger charge is 2.23. The Labute approximate surface area is 148 Å². The quantitative estimate of drug-likeness (QED) is 0.734. The van der Waals surface area contributed by atoms with E-state index in [9.17, 15) is 0 Å². The fourth-order valence-electron chi connectivity index (χ4n) is 3.60. The lowest BCUT2D eigenvalue weighted by molar-refractivity contribution is 0.198. The lowest BCUT2D eigenvalue weighted by Crippen LogP contribution is -2.34. The van der Waals surface area contributed by atoms with Gasteiger partial charge in [-0.1, -0.05) is 29.8 Å². The van der Waals surface area contributed by atoms with Crippen LogP contribution in [0.2, 0.25) is 0 Å². The van der Waals surface area contributed by atoms with E-state index in [1.165, 1.54) is 24.0 Å². The summed E-state index contributed by atoms with van der Waals surface area (Å²) in [5.41, 5.74) is 3.80. The van der Waals surface area contributed by atoms with Crippen molar-refractivity contribution in [2.24, 2.45) is 0 Å². The van der Waals surface area contributed by atoms with Crippen molar-refractivity contribution < 1.29 is 0 Å². The molecule has 0 spiro atoms. The predicted molar refractivity (Wildman–Crippen MR) is 97.6 cm³/mol. The van der Waals surface area contributed by atoms with Gasteiger partial charge >= 0.3 is 0 Å². The van der Waals surface area contributed by atoms with Crippen molar-refractivity contribution in [2.75, 3.05) is 13.1 Å². The van der Waals surface area contributed by atoms with Crippen molar-refractivity contribution in [1.82, 2.24) is 24.4 Å². The molecule has 1 aliphatic heterocycles. The molecule has 0 aliphatic carbocycles. The van der Waals surface area contributed by atoms with Crippen LogP contribution in [0.4, 0.5) is 0 Å². The van der Waals surface area contributed by atoms with Gasteiger partial charge in [0.2, 0.25) is 0 Å². The molecule has 0 radical (unpaired) electrons. The molecule has 0 saturated carbocycles. The third kappa shape index (κ3) is 3.77. The third-order valence-corrected chi connectivity index (χ3v) is 4.82. The molecule has 4 rings (SSSR count). The van der Waals surface area contributed by atoms with Crippen LogP contribution in [0.3, 0.4) is 0 Å². The second-order valence-corrected chi connectivity index (χ2v) is 6.84. The first-order valence-electron chi connectivity index (χ1n) is 8.86. The van der Waals surface area contributed by atoms with E-state index in [4.69, 9.17) is 4.98 Å². The van der Waals surface area contributed by atoms with Crippen LogP contribution in [0, 0.1) is 6.92 Å². The number of hydrogen-bond donors (Lipinski definition) is 0. The topological polar surface area (TPSA) is 46.8 Å². The second kappa shape index (κ2) is 7.15. The van der Waals surface area contributed by atoms with E-state index in [0.717, 1.165) is 31.1 Å². The molecule has 1 aliphatic rings. The zero-order valence-electron chi connectivity index (χ0n) is 14.5. The second-order valence-electron chi connectivity index (χ2n) is 6.84.